The fourth-order valence-corrected chi connectivity index (χ4v) is 1.95. The molecule has 1 aliphatic rings. The Balaban J connectivity index is 2.71. The van der Waals surface area contributed by atoms with E-state index in [1.54, 1.807) is 4.90 Å². The summed E-state index contributed by atoms with van der Waals surface area (Å²) < 4.78 is 4.74. The van der Waals surface area contributed by atoms with Gasteiger partial charge in [-0.15, -0.1) is 0 Å². The zero-order valence-corrected chi connectivity index (χ0v) is 11.1. The number of ether oxygens (including phenoxy) is 1. The lowest BCUT2D eigenvalue weighted by atomic mass is 10.0. The van der Waals surface area contributed by atoms with Crippen LogP contribution in [-0.2, 0) is 9.53 Å². The number of piperidine rings is 1. The SMILES string of the molecule is COC(=O)[C@H]1CCCCN1C(=O)NC(C)(C)C. The van der Waals surface area contributed by atoms with Crippen LogP contribution in [0, 0.1) is 0 Å². The molecule has 17 heavy (non-hydrogen) atoms. The first-order valence-electron chi connectivity index (χ1n) is 6.02. The van der Waals surface area contributed by atoms with Crippen molar-refractivity contribution in [2.45, 2.75) is 51.6 Å². The minimum Gasteiger partial charge on any atom is -0.467 e. The molecule has 1 atom stereocenters. The van der Waals surface area contributed by atoms with E-state index in [0.29, 0.717) is 13.0 Å². The highest BCUT2D eigenvalue weighted by Gasteiger charge is 2.33. The van der Waals surface area contributed by atoms with Gasteiger partial charge in [-0.25, -0.2) is 9.59 Å². The topological polar surface area (TPSA) is 58.6 Å². The molecule has 1 N–H and O–H groups in total. The van der Waals surface area contributed by atoms with E-state index < -0.39 is 6.04 Å². The number of rotatable bonds is 1. The van der Waals surface area contributed by atoms with Gasteiger partial charge in [0.05, 0.1) is 7.11 Å². The number of nitrogens with zero attached hydrogens (tertiary/aromatic N) is 1. The molecule has 1 aliphatic heterocycles. The fraction of sp³-hybridized carbons (Fsp3) is 0.833. The molecule has 1 rings (SSSR count). The van der Waals surface area contributed by atoms with Crippen molar-refractivity contribution in [3.05, 3.63) is 0 Å². The molecule has 98 valence electrons. The number of hydrogen-bond donors (Lipinski definition) is 1. The monoisotopic (exact) mass is 242 g/mol. The van der Waals surface area contributed by atoms with Crippen LogP contribution in [-0.4, -0.2) is 42.1 Å². The molecule has 0 radical (unpaired) electrons. The van der Waals surface area contributed by atoms with E-state index in [2.05, 4.69) is 5.32 Å². The van der Waals surface area contributed by atoms with E-state index in [4.69, 9.17) is 4.74 Å². The molecule has 5 heteroatoms. The van der Waals surface area contributed by atoms with Gasteiger partial charge in [0.2, 0.25) is 0 Å². The minimum absolute atomic E-state index is 0.187. The Morgan fingerprint density at radius 2 is 1.94 bits per heavy atom. The van der Waals surface area contributed by atoms with Crippen LogP contribution in [0.4, 0.5) is 4.79 Å². The van der Waals surface area contributed by atoms with Crippen LogP contribution in [0.2, 0.25) is 0 Å². The summed E-state index contributed by atoms with van der Waals surface area (Å²) in [5, 5.41) is 2.88. The normalized spacial score (nSPS) is 20.9. The van der Waals surface area contributed by atoms with Crippen LogP contribution < -0.4 is 5.32 Å². The van der Waals surface area contributed by atoms with Gasteiger partial charge in [0, 0.05) is 12.1 Å². The number of esters is 1. The summed E-state index contributed by atoms with van der Waals surface area (Å²) in [7, 11) is 1.36. The first-order valence-corrected chi connectivity index (χ1v) is 6.02. The second-order valence-corrected chi connectivity index (χ2v) is 5.41. The summed E-state index contributed by atoms with van der Waals surface area (Å²) in [6.07, 6.45) is 2.58. The van der Waals surface area contributed by atoms with E-state index in [1.807, 2.05) is 20.8 Å². The van der Waals surface area contributed by atoms with Crippen molar-refractivity contribution >= 4 is 12.0 Å². The van der Waals surface area contributed by atoms with E-state index in [9.17, 15) is 9.59 Å². The van der Waals surface area contributed by atoms with Crippen molar-refractivity contribution < 1.29 is 14.3 Å². The van der Waals surface area contributed by atoms with E-state index >= 15 is 0 Å². The van der Waals surface area contributed by atoms with Crippen LogP contribution in [0.5, 0.6) is 0 Å². The Morgan fingerprint density at radius 1 is 1.29 bits per heavy atom. The third kappa shape index (κ3) is 3.91. The largest absolute Gasteiger partial charge is 0.467 e. The van der Waals surface area contributed by atoms with Crippen molar-refractivity contribution in [3.63, 3.8) is 0 Å². The predicted octanol–water partition coefficient (Wildman–Crippen LogP) is 1.52. The maximum atomic E-state index is 12.1. The molecular weight excluding hydrogens is 220 g/mol. The molecule has 1 saturated heterocycles. The number of nitrogens with one attached hydrogen (secondary N) is 1. The van der Waals surface area contributed by atoms with Gasteiger partial charge in [-0.1, -0.05) is 0 Å². The maximum Gasteiger partial charge on any atom is 0.328 e. The number of methoxy groups -OCH3 is 1. The summed E-state index contributed by atoms with van der Waals surface area (Å²) in [5.74, 6) is -0.325. The van der Waals surface area contributed by atoms with Gasteiger partial charge >= 0.3 is 12.0 Å². The maximum absolute atomic E-state index is 12.1. The minimum atomic E-state index is -0.434. The summed E-state index contributed by atoms with van der Waals surface area (Å²) in [6.45, 7) is 6.37. The molecule has 1 fully saturated rings. The molecule has 0 saturated carbocycles. The average Bonchev–Trinajstić information content (AvgIpc) is 2.25. The van der Waals surface area contributed by atoms with Crippen molar-refractivity contribution in [2.75, 3.05) is 13.7 Å². The van der Waals surface area contributed by atoms with Crippen molar-refractivity contribution in [1.82, 2.24) is 10.2 Å². The van der Waals surface area contributed by atoms with Crippen LogP contribution >= 0.6 is 0 Å². The summed E-state index contributed by atoms with van der Waals surface area (Å²) in [6, 6.07) is -0.622. The average molecular weight is 242 g/mol. The lowest BCUT2D eigenvalue weighted by Crippen LogP contribution is -2.55. The number of likely N-dealkylation sites (tertiary alicyclic amines) is 1. The second-order valence-electron chi connectivity index (χ2n) is 5.41. The van der Waals surface area contributed by atoms with Gasteiger partial charge in [0.15, 0.2) is 0 Å². The Hall–Kier alpha value is -1.26. The van der Waals surface area contributed by atoms with Gasteiger partial charge in [-0.05, 0) is 40.0 Å². The van der Waals surface area contributed by atoms with Crippen LogP contribution in [0.25, 0.3) is 0 Å². The van der Waals surface area contributed by atoms with Crippen LogP contribution in [0.1, 0.15) is 40.0 Å². The molecule has 0 bridgehead atoms. The fourth-order valence-electron chi connectivity index (χ4n) is 1.95. The van der Waals surface area contributed by atoms with E-state index in [-0.39, 0.29) is 17.5 Å². The molecule has 0 aromatic rings. The highest BCUT2D eigenvalue weighted by atomic mass is 16.5. The summed E-state index contributed by atoms with van der Waals surface area (Å²) in [4.78, 5) is 25.2. The Morgan fingerprint density at radius 3 is 2.47 bits per heavy atom. The molecular formula is C12H22N2O3. The first-order chi connectivity index (χ1) is 7.85. The molecule has 0 unspecified atom stereocenters. The summed E-state index contributed by atoms with van der Waals surface area (Å²) in [5.41, 5.74) is -0.296. The number of amides is 2. The molecule has 0 aliphatic carbocycles. The Kier molecular flexibility index (Phi) is 4.37. The van der Waals surface area contributed by atoms with Crippen LogP contribution in [0.3, 0.4) is 0 Å². The van der Waals surface area contributed by atoms with Crippen LogP contribution in [0.15, 0.2) is 0 Å². The molecule has 5 nitrogen and oxygen atoms in total. The third-order valence-electron chi connectivity index (χ3n) is 2.72. The first kappa shape index (κ1) is 13.8. The number of urea groups is 1. The number of hydrogen-bond acceptors (Lipinski definition) is 3. The van der Waals surface area contributed by atoms with Gasteiger partial charge in [-0.2, -0.15) is 0 Å². The van der Waals surface area contributed by atoms with Gasteiger partial charge < -0.3 is 15.0 Å². The quantitative estimate of drug-likeness (QED) is 0.709. The molecule has 0 spiro atoms. The lowest BCUT2D eigenvalue weighted by molar-refractivity contribution is -0.147. The molecule has 0 aromatic heterocycles. The summed E-state index contributed by atoms with van der Waals surface area (Å²) >= 11 is 0. The third-order valence-corrected chi connectivity index (χ3v) is 2.72. The van der Waals surface area contributed by atoms with Gasteiger partial charge in [0.25, 0.3) is 0 Å². The zero-order valence-electron chi connectivity index (χ0n) is 11.1. The lowest BCUT2D eigenvalue weighted by Gasteiger charge is -2.35. The number of carbonyl (C=O) groups is 2. The van der Waals surface area contributed by atoms with E-state index in [0.717, 1.165) is 12.8 Å². The second kappa shape index (κ2) is 5.38. The Labute approximate surface area is 102 Å². The van der Waals surface area contributed by atoms with Gasteiger partial charge in [-0.3, -0.25) is 0 Å². The standard InChI is InChI=1S/C12H22N2O3/c1-12(2,3)13-11(16)14-8-6-5-7-9(14)10(15)17-4/h9H,5-8H2,1-4H3,(H,13,16)/t9-/m1/s1. The highest BCUT2D eigenvalue weighted by molar-refractivity contribution is 5.84. The van der Waals surface area contributed by atoms with Crippen molar-refractivity contribution in [3.8, 4) is 0 Å². The highest BCUT2D eigenvalue weighted by Crippen LogP contribution is 2.18. The van der Waals surface area contributed by atoms with E-state index in [1.165, 1.54) is 7.11 Å². The zero-order chi connectivity index (χ0) is 13.1. The predicted molar refractivity (Wildman–Crippen MR) is 64.6 cm³/mol. The molecule has 0 aromatic carbocycles. The number of carbonyl (C=O) groups excluding carboxylic acids is 2. The molecule has 1 heterocycles. The Bertz CT molecular complexity index is 297. The smallest absolute Gasteiger partial charge is 0.328 e. The van der Waals surface area contributed by atoms with Crippen molar-refractivity contribution in [1.29, 1.82) is 0 Å². The molecule has 2 amide bonds. The van der Waals surface area contributed by atoms with Crippen molar-refractivity contribution in [2.24, 2.45) is 0 Å². The van der Waals surface area contributed by atoms with Gasteiger partial charge in [0.1, 0.15) is 6.04 Å².